The Kier molecular flexibility index (Phi) is 6.25. The molecule has 1 aliphatic rings. The number of carbonyl (C=O) groups is 1. The van der Waals surface area contributed by atoms with E-state index in [1.807, 2.05) is 29.5 Å². The fraction of sp³-hybridized carbons (Fsp3) is 0.474. The number of nitro benzene ring substituents is 1. The second kappa shape index (κ2) is 8.83. The Bertz CT molecular complexity index is 858. The molecule has 1 aromatic heterocycles. The number of aryl methyl sites for hydroxylation is 3. The molecule has 2 heterocycles. The van der Waals surface area contributed by atoms with E-state index in [2.05, 4.69) is 10.4 Å². The minimum atomic E-state index is -0.483. The molecule has 28 heavy (non-hydrogen) atoms. The fourth-order valence-electron chi connectivity index (χ4n) is 3.33. The van der Waals surface area contributed by atoms with Crippen LogP contribution in [-0.2, 0) is 11.3 Å². The maximum Gasteiger partial charge on any atom is 0.270 e. The van der Waals surface area contributed by atoms with Crippen LogP contribution in [0.25, 0.3) is 0 Å². The zero-order valence-corrected chi connectivity index (χ0v) is 16.2. The number of morpholine rings is 1. The zero-order valence-electron chi connectivity index (χ0n) is 16.2. The summed E-state index contributed by atoms with van der Waals surface area (Å²) in [6, 6.07) is 6.44. The van der Waals surface area contributed by atoms with Crippen LogP contribution in [0.5, 0.6) is 0 Å². The van der Waals surface area contributed by atoms with E-state index in [0.717, 1.165) is 17.8 Å². The number of carbonyl (C=O) groups excluding carboxylic acids is 1. The largest absolute Gasteiger partial charge is 0.378 e. The van der Waals surface area contributed by atoms with E-state index in [1.165, 1.54) is 12.1 Å². The number of nitrogens with one attached hydrogen (secondary N) is 1. The van der Waals surface area contributed by atoms with Crippen molar-refractivity contribution in [2.24, 2.45) is 0 Å². The van der Waals surface area contributed by atoms with Gasteiger partial charge >= 0.3 is 0 Å². The zero-order chi connectivity index (χ0) is 20.1. The van der Waals surface area contributed by atoms with Crippen molar-refractivity contribution in [3.05, 3.63) is 51.3 Å². The lowest BCUT2D eigenvalue weighted by molar-refractivity contribution is -0.384. The first kappa shape index (κ1) is 19.8. The normalized spacial score (nSPS) is 14.1. The van der Waals surface area contributed by atoms with Gasteiger partial charge in [-0.25, -0.2) is 0 Å². The molecule has 150 valence electrons. The number of non-ortho nitro benzene ring substituents is 1. The van der Waals surface area contributed by atoms with Crippen LogP contribution < -0.4 is 10.2 Å². The van der Waals surface area contributed by atoms with Crippen LogP contribution in [0.2, 0.25) is 0 Å². The van der Waals surface area contributed by atoms with Crippen LogP contribution in [0.15, 0.2) is 24.3 Å². The number of amides is 1. The average Bonchev–Trinajstić information content (AvgIpc) is 3.02. The third kappa shape index (κ3) is 4.66. The van der Waals surface area contributed by atoms with E-state index in [9.17, 15) is 14.9 Å². The van der Waals surface area contributed by atoms with Crippen molar-refractivity contribution in [3.8, 4) is 0 Å². The standard InChI is InChI=1S/C19H25N5O4/c1-14-12-15(2)23(21-14)7-3-6-20-19(25)17-13-16(24(26)27)4-5-18(17)22-8-10-28-11-9-22/h4-5,12-13H,3,6-11H2,1-2H3,(H,20,25). The lowest BCUT2D eigenvalue weighted by Crippen LogP contribution is -2.38. The van der Waals surface area contributed by atoms with Gasteiger partial charge in [0.2, 0.25) is 0 Å². The first-order chi connectivity index (χ1) is 13.5. The average molecular weight is 387 g/mol. The van der Waals surface area contributed by atoms with Gasteiger partial charge in [0.15, 0.2) is 0 Å². The molecule has 2 aromatic rings. The molecule has 1 aliphatic heterocycles. The highest BCUT2D eigenvalue weighted by Crippen LogP contribution is 2.26. The van der Waals surface area contributed by atoms with Crippen molar-refractivity contribution in [3.63, 3.8) is 0 Å². The van der Waals surface area contributed by atoms with Crippen LogP contribution in [-0.4, -0.2) is 53.5 Å². The molecule has 9 nitrogen and oxygen atoms in total. The van der Waals surface area contributed by atoms with Crippen molar-refractivity contribution in [2.45, 2.75) is 26.8 Å². The highest BCUT2D eigenvalue weighted by atomic mass is 16.6. The Balaban J connectivity index is 1.67. The Morgan fingerprint density at radius 1 is 1.29 bits per heavy atom. The lowest BCUT2D eigenvalue weighted by Gasteiger charge is -2.30. The maximum absolute atomic E-state index is 12.8. The van der Waals surface area contributed by atoms with E-state index in [4.69, 9.17) is 4.74 Å². The molecular weight excluding hydrogens is 362 g/mol. The summed E-state index contributed by atoms with van der Waals surface area (Å²) in [7, 11) is 0. The molecule has 0 atom stereocenters. The molecule has 1 aromatic carbocycles. The number of anilines is 1. The number of benzene rings is 1. The van der Waals surface area contributed by atoms with Crippen LogP contribution in [0.4, 0.5) is 11.4 Å². The number of hydrogen-bond acceptors (Lipinski definition) is 6. The molecule has 1 fully saturated rings. The number of nitrogens with zero attached hydrogens (tertiary/aromatic N) is 4. The van der Waals surface area contributed by atoms with Crippen molar-refractivity contribution in [2.75, 3.05) is 37.7 Å². The van der Waals surface area contributed by atoms with Crippen molar-refractivity contribution >= 4 is 17.3 Å². The van der Waals surface area contributed by atoms with Gasteiger partial charge in [0.1, 0.15) is 0 Å². The van der Waals surface area contributed by atoms with E-state index >= 15 is 0 Å². The summed E-state index contributed by atoms with van der Waals surface area (Å²) in [5, 5.41) is 18.4. The monoisotopic (exact) mass is 387 g/mol. The molecule has 3 rings (SSSR count). The predicted octanol–water partition coefficient (Wildman–Crippen LogP) is 2.06. The summed E-state index contributed by atoms with van der Waals surface area (Å²) in [4.78, 5) is 25.4. The highest BCUT2D eigenvalue weighted by molar-refractivity contribution is 6.00. The third-order valence-electron chi connectivity index (χ3n) is 4.72. The summed E-state index contributed by atoms with van der Waals surface area (Å²) in [6.07, 6.45) is 0.718. The number of hydrogen-bond donors (Lipinski definition) is 1. The van der Waals surface area contributed by atoms with E-state index < -0.39 is 4.92 Å². The fourth-order valence-corrected chi connectivity index (χ4v) is 3.33. The van der Waals surface area contributed by atoms with Crippen LogP contribution in [0.3, 0.4) is 0 Å². The molecular formula is C19H25N5O4. The molecule has 1 N–H and O–H groups in total. The van der Waals surface area contributed by atoms with Gasteiger partial charge < -0.3 is 15.0 Å². The predicted molar refractivity (Wildman–Crippen MR) is 105 cm³/mol. The third-order valence-corrected chi connectivity index (χ3v) is 4.72. The molecule has 0 aliphatic carbocycles. The molecule has 0 spiro atoms. The Hall–Kier alpha value is -2.94. The molecule has 0 saturated carbocycles. The smallest absolute Gasteiger partial charge is 0.270 e. The van der Waals surface area contributed by atoms with E-state index in [-0.39, 0.29) is 11.6 Å². The Morgan fingerprint density at radius 2 is 2.04 bits per heavy atom. The first-order valence-corrected chi connectivity index (χ1v) is 9.36. The molecule has 9 heteroatoms. The van der Waals surface area contributed by atoms with Gasteiger partial charge in [0, 0.05) is 44.0 Å². The SMILES string of the molecule is Cc1cc(C)n(CCCNC(=O)c2cc([N+](=O)[O-])ccc2N2CCOCC2)n1. The molecule has 0 unspecified atom stereocenters. The van der Waals surface area contributed by atoms with Crippen LogP contribution >= 0.6 is 0 Å². The van der Waals surface area contributed by atoms with Gasteiger partial charge in [-0.05, 0) is 32.4 Å². The van der Waals surface area contributed by atoms with E-state index in [0.29, 0.717) is 50.6 Å². The minimum Gasteiger partial charge on any atom is -0.378 e. The second-order valence-corrected chi connectivity index (χ2v) is 6.82. The van der Waals surface area contributed by atoms with Crippen LogP contribution in [0.1, 0.15) is 28.2 Å². The Morgan fingerprint density at radius 3 is 2.68 bits per heavy atom. The highest BCUT2D eigenvalue weighted by Gasteiger charge is 2.21. The van der Waals surface area contributed by atoms with Gasteiger partial charge in [-0.1, -0.05) is 0 Å². The quantitative estimate of drug-likeness (QED) is 0.443. The minimum absolute atomic E-state index is 0.0928. The van der Waals surface area contributed by atoms with Crippen molar-refractivity contribution < 1.29 is 14.5 Å². The second-order valence-electron chi connectivity index (χ2n) is 6.82. The number of nitro groups is 1. The maximum atomic E-state index is 12.8. The van der Waals surface area contributed by atoms with Gasteiger partial charge in [-0.3, -0.25) is 19.6 Å². The molecule has 0 radical (unpaired) electrons. The van der Waals surface area contributed by atoms with Gasteiger partial charge in [0.05, 0.1) is 35.1 Å². The molecule has 1 amide bonds. The lowest BCUT2D eigenvalue weighted by atomic mass is 10.1. The Labute approximate surface area is 163 Å². The molecule has 1 saturated heterocycles. The van der Waals surface area contributed by atoms with Gasteiger partial charge in [0.25, 0.3) is 11.6 Å². The van der Waals surface area contributed by atoms with Crippen molar-refractivity contribution in [1.29, 1.82) is 0 Å². The summed E-state index contributed by atoms with van der Waals surface area (Å²) in [5.41, 5.74) is 2.97. The van der Waals surface area contributed by atoms with Gasteiger partial charge in [-0.15, -0.1) is 0 Å². The molecule has 0 bridgehead atoms. The summed E-state index contributed by atoms with van der Waals surface area (Å²) >= 11 is 0. The summed E-state index contributed by atoms with van der Waals surface area (Å²) in [5.74, 6) is -0.307. The van der Waals surface area contributed by atoms with E-state index in [1.54, 1.807) is 6.07 Å². The van der Waals surface area contributed by atoms with Gasteiger partial charge in [-0.2, -0.15) is 5.10 Å². The number of aromatic nitrogens is 2. The number of ether oxygens (including phenoxy) is 1. The topological polar surface area (TPSA) is 103 Å². The van der Waals surface area contributed by atoms with Crippen molar-refractivity contribution in [1.82, 2.24) is 15.1 Å². The van der Waals surface area contributed by atoms with Crippen LogP contribution in [0, 0.1) is 24.0 Å². The number of rotatable bonds is 7. The summed E-state index contributed by atoms with van der Waals surface area (Å²) in [6.45, 7) is 7.54. The summed E-state index contributed by atoms with van der Waals surface area (Å²) < 4.78 is 7.27. The first-order valence-electron chi connectivity index (χ1n) is 9.36.